The number of halogens is 1. The van der Waals surface area contributed by atoms with E-state index >= 15 is 0 Å². The van der Waals surface area contributed by atoms with Crippen LogP contribution in [0.2, 0.25) is 5.02 Å². The number of rotatable bonds is 7. The lowest BCUT2D eigenvalue weighted by Gasteiger charge is -2.18. The van der Waals surface area contributed by atoms with Crippen LogP contribution in [0.5, 0.6) is 5.75 Å². The molecule has 1 atom stereocenters. The van der Waals surface area contributed by atoms with Crippen LogP contribution in [0.4, 0.5) is 0 Å². The van der Waals surface area contributed by atoms with Crippen molar-refractivity contribution in [3.8, 4) is 5.75 Å². The summed E-state index contributed by atoms with van der Waals surface area (Å²) in [7, 11) is 0. The molecule has 6 heteroatoms. The Morgan fingerprint density at radius 2 is 1.74 bits per heavy atom. The second-order valence-corrected chi connectivity index (χ2v) is 9.37. The van der Waals surface area contributed by atoms with Crippen molar-refractivity contribution in [3.63, 3.8) is 0 Å². The average Bonchev–Trinajstić information content (AvgIpc) is 3.38. The van der Waals surface area contributed by atoms with Crippen LogP contribution in [0.25, 0.3) is 11.0 Å². The van der Waals surface area contributed by atoms with E-state index < -0.39 is 0 Å². The fourth-order valence-corrected chi connectivity index (χ4v) is 4.90. The minimum atomic E-state index is 0.0589. The number of carbonyl (C=O) groups excluding carboxylic acids is 1. The van der Waals surface area contributed by atoms with Gasteiger partial charge in [0.05, 0.1) is 17.6 Å². The van der Waals surface area contributed by atoms with Gasteiger partial charge in [0.15, 0.2) is 0 Å². The molecule has 1 aliphatic heterocycles. The largest absolute Gasteiger partial charge is 0.492 e. The van der Waals surface area contributed by atoms with E-state index in [-0.39, 0.29) is 11.8 Å². The molecule has 1 saturated heterocycles. The van der Waals surface area contributed by atoms with Crippen molar-refractivity contribution in [2.24, 2.45) is 0 Å². The van der Waals surface area contributed by atoms with Crippen LogP contribution in [-0.4, -0.2) is 33.5 Å². The summed E-state index contributed by atoms with van der Waals surface area (Å²) in [5.41, 5.74) is 5.18. The highest BCUT2D eigenvalue weighted by atomic mass is 35.5. The normalized spacial score (nSPS) is 15.9. The van der Waals surface area contributed by atoms with E-state index in [1.165, 1.54) is 0 Å². The number of nitrogens with zero attached hydrogens (tertiary/aromatic N) is 3. The third-order valence-electron chi connectivity index (χ3n) is 6.47. The highest BCUT2D eigenvalue weighted by molar-refractivity contribution is 6.32. The molecule has 3 aromatic carbocycles. The molecule has 0 spiro atoms. The van der Waals surface area contributed by atoms with Crippen LogP contribution in [0.15, 0.2) is 66.7 Å². The fourth-order valence-electron chi connectivity index (χ4n) is 4.79. The molecule has 0 aliphatic carbocycles. The number of hydrogen-bond acceptors (Lipinski definition) is 3. The van der Waals surface area contributed by atoms with Gasteiger partial charge in [0.25, 0.3) is 0 Å². The lowest BCUT2D eigenvalue weighted by atomic mass is 10.1. The predicted octanol–water partition coefficient (Wildman–Crippen LogP) is 5.90. The Bertz CT molecular complexity index is 1310. The number of carbonyl (C=O) groups is 1. The summed E-state index contributed by atoms with van der Waals surface area (Å²) in [6.07, 6.45) is 0.479. The Morgan fingerprint density at radius 3 is 2.50 bits per heavy atom. The molecular formula is C28H28ClN3O2. The maximum atomic E-state index is 12.8. The van der Waals surface area contributed by atoms with Gasteiger partial charge in [0, 0.05) is 30.5 Å². The maximum absolute atomic E-state index is 12.8. The van der Waals surface area contributed by atoms with Crippen LogP contribution in [-0.2, 0) is 17.9 Å². The first kappa shape index (κ1) is 22.5. The molecule has 0 N–H and O–H groups in total. The zero-order chi connectivity index (χ0) is 23.7. The molecule has 1 amide bonds. The molecule has 1 aliphatic rings. The Kier molecular flexibility index (Phi) is 6.29. The summed E-state index contributed by atoms with van der Waals surface area (Å²) in [6, 6.07) is 22.2. The second kappa shape index (κ2) is 9.51. The molecular weight excluding hydrogens is 446 g/mol. The number of amides is 1. The van der Waals surface area contributed by atoms with Gasteiger partial charge in [0.2, 0.25) is 5.91 Å². The highest BCUT2D eigenvalue weighted by Crippen LogP contribution is 2.31. The van der Waals surface area contributed by atoms with E-state index in [9.17, 15) is 4.79 Å². The lowest BCUT2D eigenvalue weighted by molar-refractivity contribution is -0.128. The number of fused-ring (bicyclic) bond motifs is 1. The third kappa shape index (κ3) is 4.53. The number of ether oxygens (including phenoxy) is 1. The number of hydrogen-bond donors (Lipinski definition) is 0. The quantitative estimate of drug-likeness (QED) is 0.335. The molecule has 1 unspecified atom stereocenters. The van der Waals surface area contributed by atoms with Crippen molar-refractivity contribution < 1.29 is 9.53 Å². The third-order valence-corrected chi connectivity index (χ3v) is 7.07. The molecule has 5 rings (SSSR count). The Morgan fingerprint density at radius 1 is 1.03 bits per heavy atom. The van der Waals surface area contributed by atoms with Crippen LogP contribution in [0.3, 0.4) is 0 Å². The summed E-state index contributed by atoms with van der Waals surface area (Å²) in [6.45, 7) is 6.44. The standard InChI is InChI=1S/C28H28ClN3O2/c1-19-14-23(15-20(2)27(19)29)34-13-12-32-25-11-7-6-10-24(25)30-28(32)22-16-26(33)31(18-22)17-21-8-4-3-5-9-21/h3-11,14-15,22H,12-13,16-18H2,1-2H3. The van der Waals surface area contributed by atoms with Crippen LogP contribution in [0, 0.1) is 13.8 Å². The lowest BCUT2D eigenvalue weighted by Crippen LogP contribution is -2.24. The van der Waals surface area contributed by atoms with E-state index in [1.807, 2.05) is 67.3 Å². The topological polar surface area (TPSA) is 47.4 Å². The monoisotopic (exact) mass is 473 g/mol. The van der Waals surface area contributed by atoms with Crippen molar-refractivity contribution in [2.75, 3.05) is 13.2 Å². The summed E-state index contributed by atoms with van der Waals surface area (Å²) in [5.74, 6) is 2.01. The van der Waals surface area contributed by atoms with Gasteiger partial charge in [0.1, 0.15) is 18.2 Å². The number of imidazole rings is 1. The molecule has 1 fully saturated rings. The molecule has 0 saturated carbocycles. The van der Waals surface area contributed by atoms with E-state index in [0.29, 0.717) is 32.7 Å². The van der Waals surface area contributed by atoms with E-state index in [4.69, 9.17) is 21.3 Å². The molecule has 34 heavy (non-hydrogen) atoms. The number of aromatic nitrogens is 2. The first-order valence-electron chi connectivity index (χ1n) is 11.7. The van der Waals surface area contributed by atoms with Crippen molar-refractivity contribution >= 4 is 28.5 Å². The fraction of sp³-hybridized carbons (Fsp3) is 0.286. The van der Waals surface area contributed by atoms with Crippen LogP contribution in [0.1, 0.15) is 34.9 Å². The van der Waals surface area contributed by atoms with E-state index in [2.05, 4.69) is 22.8 Å². The number of benzene rings is 3. The number of aryl methyl sites for hydroxylation is 2. The van der Waals surface area contributed by atoms with Gasteiger partial charge in [-0.1, -0.05) is 54.1 Å². The Hall–Kier alpha value is -3.31. The first-order valence-corrected chi connectivity index (χ1v) is 12.0. The smallest absolute Gasteiger partial charge is 0.223 e. The van der Waals surface area contributed by atoms with Crippen LogP contribution >= 0.6 is 11.6 Å². The van der Waals surface area contributed by atoms with Gasteiger partial charge in [-0.05, 0) is 54.8 Å². The van der Waals surface area contributed by atoms with E-state index in [0.717, 1.165) is 44.3 Å². The van der Waals surface area contributed by atoms with E-state index in [1.54, 1.807) is 0 Å². The van der Waals surface area contributed by atoms with Crippen molar-refractivity contribution in [2.45, 2.75) is 39.3 Å². The first-order chi connectivity index (χ1) is 16.5. The highest BCUT2D eigenvalue weighted by Gasteiger charge is 2.34. The summed E-state index contributed by atoms with van der Waals surface area (Å²) >= 11 is 6.30. The predicted molar refractivity (Wildman–Crippen MR) is 135 cm³/mol. The van der Waals surface area contributed by atoms with Crippen molar-refractivity contribution in [3.05, 3.63) is 94.3 Å². The molecule has 174 valence electrons. The maximum Gasteiger partial charge on any atom is 0.223 e. The van der Waals surface area contributed by atoms with Gasteiger partial charge >= 0.3 is 0 Å². The molecule has 5 nitrogen and oxygen atoms in total. The molecule has 0 bridgehead atoms. The van der Waals surface area contributed by atoms with Crippen LogP contribution < -0.4 is 4.74 Å². The second-order valence-electron chi connectivity index (χ2n) is 8.99. The van der Waals surface area contributed by atoms with Gasteiger partial charge in [-0.15, -0.1) is 0 Å². The van der Waals surface area contributed by atoms with Gasteiger partial charge in [-0.3, -0.25) is 4.79 Å². The summed E-state index contributed by atoms with van der Waals surface area (Å²) < 4.78 is 8.32. The molecule has 0 radical (unpaired) electrons. The average molecular weight is 474 g/mol. The molecule has 2 heterocycles. The van der Waals surface area contributed by atoms with Gasteiger partial charge in [-0.25, -0.2) is 4.98 Å². The van der Waals surface area contributed by atoms with Crippen molar-refractivity contribution in [1.29, 1.82) is 0 Å². The van der Waals surface area contributed by atoms with Gasteiger partial charge < -0.3 is 14.2 Å². The SMILES string of the molecule is Cc1cc(OCCn2c(C3CC(=O)N(Cc4ccccc4)C3)nc3ccccc32)cc(C)c1Cl. The zero-order valence-electron chi connectivity index (χ0n) is 19.5. The number of likely N-dealkylation sites (tertiary alicyclic amines) is 1. The minimum absolute atomic E-state index is 0.0589. The number of para-hydroxylation sites is 2. The van der Waals surface area contributed by atoms with Crippen molar-refractivity contribution in [1.82, 2.24) is 14.5 Å². The Balaban J connectivity index is 1.36. The summed E-state index contributed by atoms with van der Waals surface area (Å²) in [4.78, 5) is 19.7. The zero-order valence-corrected chi connectivity index (χ0v) is 20.3. The Labute approximate surface area is 204 Å². The molecule has 4 aromatic rings. The summed E-state index contributed by atoms with van der Waals surface area (Å²) in [5, 5.41) is 0.779. The van der Waals surface area contributed by atoms with Gasteiger partial charge in [-0.2, -0.15) is 0 Å². The minimum Gasteiger partial charge on any atom is -0.492 e. The molecule has 1 aromatic heterocycles.